The molecule has 2 heterocycles. The van der Waals surface area contributed by atoms with Gasteiger partial charge in [-0.1, -0.05) is 19.3 Å². The molecular formula is C15H25N3S. The van der Waals surface area contributed by atoms with Crippen LogP contribution in [0.3, 0.4) is 0 Å². The number of thiophene rings is 1. The molecule has 1 aromatic rings. The van der Waals surface area contributed by atoms with Gasteiger partial charge in [-0.3, -0.25) is 16.2 Å². The molecule has 0 aromatic carbocycles. The Morgan fingerprint density at radius 1 is 1.16 bits per heavy atom. The van der Waals surface area contributed by atoms with E-state index in [0.717, 1.165) is 0 Å². The maximum atomic E-state index is 5.96. The standard InChI is InChI=1S/C15H25N3S/c16-17-14(13-6-11-19-12-13)15(7-2-3-8-15)18-9-4-1-5-10-18/h6,11-12,14,17H,1-5,7-10,16H2. The van der Waals surface area contributed by atoms with E-state index >= 15 is 0 Å². The average molecular weight is 279 g/mol. The number of rotatable bonds is 4. The summed E-state index contributed by atoms with van der Waals surface area (Å²) in [6, 6.07) is 2.53. The molecule has 1 unspecified atom stereocenters. The number of hydrazine groups is 1. The molecule has 4 heteroatoms. The molecule has 0 spiro atoms. The summed E-state index contributed by atoms with van der Waals surface area (Å²) in [5, 5.41) is 4.42. The highest BCUT2D eigenvalue weighted by molar-refractivity contribution is 7.07. The van der Waals surface area contributed by atoms with Crippen molar-refractivity contribution in [2.75, 3.05) is 13.1 Å². The smallest absolute Gasteiger partial charge is 0.0652 e. The molecule has 1 saturated heterocycles. The van der Waals surface area contributed by atoms with E-state index in [1.807, 2.05) is 0 Å². The van der Waals surface area contributed by atoms with Crippen molar-refractivity contribution < 1.29 is 0 Å². The number of nitrogens with zero attached hydrogens (tertiary/aromatic N) is 1. The van der Waals surface area contributed by atoms with E-state index in [0.29, 0.717) is 6.04 Å². The lowest BCUT2D eigenvalue weighted by molar-refractivity contribution is 0.0361. The van der Waals surface area contributed by atoms with Gasteiger partial charge in [0.05, 0.1) is 6.04 Å². The van der Waals surface area contributed by atoms with Gasteiger partial charge in [0.2, 0.25) is 0 Å². The summed E-state index contributed by atoms with van der Waals surface area (Å²) in [6.07, 6.45) is 9.37. The summed E-state index contributed by atoms with van der Waals surface area (Å²) >= 11 is 1.77. The van der Waals surface area contributed by atoms with Crippen molar-refractivity contribution in [1.82, 2.24) is 10.3 Å². The number of hydrogen-bond acceptors (Lipinski definition) is 4. The van der Waals surface area contributed by atoms with Gasteiger partial charge in [0, 0.05) is 5.54 Å². The van der Waals surface area contributed by atoms with Gasteiger partial charge in [-0.2, -0.15) is 11.3 Å². The van der Waals surface area contributed by atoms with Crippen LogP contribution in [0, 0.1) is 0 Å². The first-order valence-corrected chi connectivity index (χ1v) is 8.54. The number of nitrogens with two attached hydrogens (primary N) is 1. The lowest BCUT2D eigenvalue weighted by Crippen LogP contribution is -2.57. The van der Waals surface area contributed by atoms with Crippen molar-refractivity contribution in [1.29, 1.82) is 0 Å². The lowest BCUT2D eigenvalue weighted by atomic mass is 9.82. The second-order valence-corrected chi connectivity index (χ2v) is 6.79. The Morgan fingerprint density at radius 2 is 1.89 bits per heavy atom. The summed E-state index contributed by atoms with van der Waals surface area (Å²) < 4.78 is 0. The molecule has 1 aromatic heterocycles. The number of likely N-dealkylation sites (tertiary alicyclic amines) is 1. The van der Waals surface area contributed by atoms with Gasteiger partial charge in [0.1, 0.15) is 0 Å². The third-order valence-corrected chi connectivity index (χ3v) is 5.74. The largest absolute Gasteiger partial charge is 0.296 e. The highest BCUT2D eigenvalue weighted by Gasteiger charge is 2.46. The molecule has 1 saturated carbocycles. The van der Waals surface area contributed by atoms with Gasteiger partial charge in [0.25, 0.3) is 0 Å². The van der Waals surface area contributed by atoms with Gasteiger partial charge in [-0.15, -0.1) is 0 Å². The summed E-state index contributed by atoms with van der Waals surface area (Å²) in [5.41, 5.74) is 4.78. The molecule has 3 rings (SSSR count). The predicted molar refractivity (Wildman–Crippen MR) is 81.0 cm³/mol. The Kier molecular flexibility index (Phi) is 4.22. The zero-order valence-electron chi connectivity index (χ0n) is 11.6. The zero-order chi connectivity index (χ0) is 13.1. The second-order valence-electron chi connectivity index (χ2n) is 6.01. The Balaban J connectivity index is 1.89. The van der Waals surface area contributed by atoms with Crippen molar-refractivity contribution in [3.63, 3.8) is 0 Å². The van der Waals surface area contributed by atoms with Crippen LogP contribution in [0.15, 0.2) is 16.8 Å². The summed E-state index contributed by atoms with van der Waals surface area (Å²) in [4.78, 5) is 2.74. The molecule has 3 N–H and O–H groups in total. The first-order valence-electron chi connectivity index (χ1n) is 7.60. The number of hydrogen-bond donors (Lipinski definition) is 2. The van der Waals surface area contributed by atoms with Crippen LogP contribution >= 0.6 is 11.3 Å². The van der Waals surface area contributed by atoms with Crippen molar-refractivity contribution >= 4 is 11.3 Å². The van der Waals surface area contributed by atoms with Crippen LogP contribution in [0.4, 0.5) is 0 Å². The van der Waals surface area contributed by atoms with Crippen LogP contribution in [-0.2, 0) is 0 Å². The van der Waals surface area contributed by atoms with Gasteiger partial charge in [-0.25, -0.2) is 0 Å². The monoisotopic (exact) mass is 279 g/mol. The summed E-state index contributed by atoms with van der Waals surface area (Å²) in [6.45, 7) is 2.50. The van der Waals surface area contributed by atoms with E-state index in [4.69, 9.17) is 5.84 Å². The van der Waals surface area contributed by atoms with Crippen LogP contribution < -0.4 is 11.3 Å². The molecule has 1 aliphatic heterocycles. The average Bonchev–Trinajstić information content (AvgIpc) is 3.13. The second kappa shape index (κ2) is 5.92. The Morgan fingerprint density at radius 3 is 2.47 bits per heavy atom. The van der Waals surface area contributed by atoms with Gasteiger partial charge < -0.3 is 0 Å². The Hall–Kier alpha value is -0.420. The van der Waals surface area contributed by atoms with Crippen LogP contribution in [-0.4, -0.2) is 23.5 Å². The molecular weight excluding hydrogens is 254 g/mol. The quantitative estimate of drug-likeness (QED) is 0.657. The molecule has 1 aliphatic carbocycles. The van der Waals surface area contributed by atoms with Crippen molar-refractivity contribution in [3.05, 3.63) is 22.4 Å². The number of nitrogens with one attached hydrogen (secondary N) is 1. The van der Waals surface area contributed by atoms with Crippen LogP contribution in [0.5, 0.6) is 0 Å². The predicted octanol–water partition coefficient (Wildman–Crippen LogP) is 3.05. The minimum Gasteiger partial charge on any atom is -0.296 e. The molecule has 1 atom stereocenters. The third kappa shape index (κ3) is 2.47. The van der Waals surface area contributed by atoms with Crippen LogP contribution in [0.25, 0.3) is 0 Å². The van der Waals surface area contributed by atoms with E-state index in [1.165, 1.54) is 63.6 Å². The van der Waals surface area contributed by atoms with Gasteiger partial charge >= 0.3 is 0 Å². The third-order valence-electron chi connectivity index (χ3n) is 5.04. The highest BCUT2D eigenvalue weighted by Crippen LogP contribution is 2.45. The minimum atomic E-state index is 0.260. The summed E-state index contributed by atoms with van der Waals surface area (Å²) in [5.74, 6) is 5.96. The zero-order valence-corrected chi connectivity index (χ0v) is 12.4. The minimum absolute atomic E-state index is 0.260. The fourth-order valence-corrected chi connectivity index (χ4v) is 4.80. The maximum absolute atomic E-state index is 5.96. The van der Waals surface area contributed by atoms with Crippen molar-refractivity contribution in [3.8, 4) is 0 Å². The lowest BCUT2D eigenvalue weighted by Gasteiger charge is -2.48. The van der Waals surface area contributed by atoms with Crippen molar-refractivity contribution in [2.45, 2.75) is 56.5 Å². The molecule has 19 heavy (non-hydrogen) atoms. The van der Waals surface area contributed by atoms with Crippen LogP contribution in [0.1, 0.15) is 56.6 Å². The molecule has 0 bridgehead atoms. The van der Waals surface area contributed by atoms with E-state index in [9.17, 15) is 0 Å². The fourth-order valence-electron chi connectivity index (χ4n) is 4.11. The molecule has 2 aliphatic rings. The van der Waals surface area contributed by atoms with E-state index in [-0.39, 0.29) is 5.54 Å². The normalized spacial score (nSPS) is 25.5. The Bertz CT molecular complexity index is 378. The molecule has 106 valence electrons. The van der Waals surface area contributed by atoms with Gasteiger partial charge in [0.15, 0.2) is 0 Å². The first kappa shape index (κ1) is 13.6. The maximum Gasteiger partial charge on any atom is 0.0652 e. The Labute approximate surface area is 120 Å². The molecule has 0 amide bonds. The van der Waals surface area contributed by atoms with E-state index < -0.39 is 0 Å². The molecule has 2 fully saturated rings. The topological polar surface area (TPSA) is 41.3 Å². The number of piperidine rings is 1. The summed E-state index contributed by atoms with van der Waals surface area (Å²) in [7, 11) is 0. The highest BCUT2D eigenvalue weighted by atomic mass is 32.1. The van der Waals surface area contributed by atoms with Crippen molar-refractivity contribution in [2.24, 2.45) is 5.84 Å². The van der Waals surface area contributed by atoms with Gasteiger partial charge in [-0.05, 0) is 61.2 Å². The molecule has 0 radical (unpaired) electrons. The van der Waals surface area contributed by atoms with E-state index in [1.54, 1.807) is 11.3 Å². The molecule has 3 nitrogen and oxygen atoms in total. The van der Waals surface area contributed by atoms with Crippen LogP contribution in [0.2, 0.25) is 0 Å². The van der Waals surface area contributed by atoms with E-state index in [2.05, 4.69) is 27.2 Å². The first-order chi connectivity index (χ1) is 9.37. The fraction of sp³-hybridized carbons (Fsp3) is 0.733. The SMILES string of the molecule is NNC(c1ccsc1)C1(N2CCCCC2)CCCC1.